The molecule has 0 aliphatic rings. The Labute approximate surface area is 137 Å². The largest absolute Gasteiger partial charge is 0.477 e. The molecule has 5 nitrogen and oxygen atoms in total. The summed E-state index contributed by atoms with van der Waals surface area (Å²) in [5, 5.41) is 13.3. The molecule has 0 saturated carbocycles. The van der Waals surface area contributed by atoms with Crippen LogP contribution >= 0.6 is 11.3 Å². The number of thiophene rings is 1. The van der Waals surface area contributed by atoms with Gasteiger partial charge in [0.15, 0.2) is 0 Å². The van der Waals surface area contributed by atoms with Crippen LogP contribution in [0.4, 0.5) is 4.39 Å². The minimum absolute atomic E-state index is 0.112. The van der Waals surface area contributed by atoms with Gasteiger partial charge in [-0.2, -0.15) is 0 Å². The number of carbonyl (C=O) groups excluding carboxylic acids is 1. The highest BCUT2D eigenvalue weighted by molar-refractivity contribution is 7.12. The van der Waals surface area contributed by atoms with E-state index < -0.39 is 5.97 Å². The predicted octanol–water partition coefficient (Wildman–Crippen LogP) is 2.62. The first-order chi connectivity index (χ1) is 10.9. The molecular weight excluding hydrogens is 319 g/mol. The van der Waals surface area contributed by atoms with Crippen LogP contribution in [0.1, 0.15) is 31.6 Å². The summed E-state index contributed by atoms with van der Waals surface area (Å²) in [6.07, 6.45) is 0. The highest BCUT2D eigenvalue weighted by Crippen LogP contribution is 2.18. The summed E-state index contributed by atoms with van der Waals surface area (Å²) in [6.45, 7) is 0.535. The van der Waals surface area contributed by atoms with Gasteiger partial charge >= 0.3 is 5.97 Å². The number of aromatic carboxylic acids is 1. The number of carboxylic acid groups (broad SMARTS) is 1. The van der Waals surface area contributed by atoms with E-state index in [0.29, 0.717) is 12.1 Å². The van der Waals surface area contributed by atoms with Crippen LogP contribution in [0.15, 0.2) is 35.7 Å². The number of hydrogen-bond donors (Lipinski definition) is 2. The van der Waals surface area contributed by atoms with Crippen molar-refractivity contribution >= 4 is 23.2 Å². The summed E-state index contributed by atoms with van der Waals surface area (Å²) in [5.74, 6) is -1.75. The van der Waals surface area contributed by atoms with Gasteiger partial charge in [0.05, 0.1) is 11.6 Å². The fourth-order valence-electron chi connectivity index (χ4n) is 2.10. The highest BCUT2D eigenvalue weighted by atomic mass is 32.1. The summed E-state index contributed by atoms with van der Waals surface area (Å²) in [6, 6.07) is 6.96. The van der Waals surface area contributed by atoms with Crippen LogP contribution < -0.4 is 5.32 Å². The molecule has 1 amide bonds. The van der Waals surface area contributed by atoms with Crippen molar-refractivity contribution in [2.24, 2.45) is 0 Å². The first-order valence-electron chi connectivity index (χ1n) is 6.89. The zero-order valence-corrected chi connectivity index (χ0v) is 13.6. The smallest absolute Gasteiger partial charge is 0.345 e. The first kappa shape index (κ1) is 17.1. The number of nitrogens with one attached hydrogen (secondary N) is 1. The fraction of sp³-hybridized carbons (Fsp3) is 0.250. The average molecular weight is 336 g/mol. The number of nitrogens with zero attached hydrogens (tertiary/aromatic N) is 1. The van der Waals surface area contributed by atoms with Crippen LogP contribution in [0.5, 0.6) is 0 Å². The molecule has 0 saturated heterocycles. The molecule has 0 spiro atoms. The van der Waals surface area contributed by atoms with Gasteiger partial charge in [0.25, 0.3) is 5.91 Å². The maximum atomic E-state index is 13.1. The molecule has 7 heteroatoms. The van der Waals surface area contributed by atoms with Crippen LogP contribution in [0.2, 0.25) is 0 Å². The molecule has 2 rings (SSSR count). The third kappa shape index (κ3) is 4.61. The van der Waals surface area contributed by atoms with Gasteiger partial charge < -0.3 is 15.3 Å². The molecule has 23 heavy (non-hydrogen) atoms. The van der Waals surface area contributed by atoms with Crippen LogP contribution in [0.25, 0.3) is 0 Å². The van der Waals surface area contributed by atoms with Gasteiger partial charge in [-0.1, -0.05) is 12.1 Å². The van der Waals surface area contributed by atoms with Crippen LogP contribution in [0, 0.1) is 5.82 Å². The number of rotatable bonds is 6. The fourth-order valence-corrected chi connectivity index (χ4v) is 2.83. The summed E-state index contributed by atoms with van der Waals surface area (Å²) in [4.78, 5) is 25.2. The molecule has 122 valence electrons. The van der Waals surface area contributed by atoms with Gasteiger partial charge in [0.2, 0.25) is 0 Å². The molecule has 0 aliphatic carbocycles. The zero-order valence-electron chi connectivity index (χ0n) is 12.7. The van der Waals surface area contributed by atoms with E-state index >= 15 is 0 Å². The molecule has 1 unspecified atom stereocenters. The lowest BCUT2D eigenvalue weighted by Gasteiger charge is -2.22. The normalized spacial score (nSPS) is 12.2. The lowest BCUT2D eigenvalue weighted by molar-refractivity contribution is 0.0702. The molecule has 1 atom stereocenters. The highest BCUT2D eigenvalue weighted by Gasteiger charge is 2.19. The van der Waals surface area contributed by atoms with E-state index in [9.17, 15) is 14.0 Å². The Hall–Kier alpha value is -2.25. The Morgan fingerprint density at radius 3 is 2.48 bits per heavy atom. The third-order valence-corrected chi connectivity index (χ3v) is 4.12. The lowest BCUT2D eigenvalue weighted by atomic mass is 10.1. The van der Waals surface area contributed by atoms with Crippen molar-refractivity contribution < 1.29 is 19.1 Å². The van der Waals surface area contributed by atoms with Gasteiger partial charge in [-0.25, -0.2) is 9.18 Å². The molecule has 2 aromatic rings. The quantitative estimate of drug-likeness (QED) is 0.851. The third-order valence-electron chi connectivity index (χ3n) is 3.20. The Bertz CT molecular complexity index is 698. The van der Waals surface area contributed by atoms with Crippen molar-refractivity contribution in [3.63, 3.8) is 0 Å². The number of carbonyl (C=O) groups is 2. The number of halogens is 1. The molecule has 0 fully saturated rings. The number of carboxylic acids is 1. The summed E-state index contributed by atoms with van der Waals surface area (Å²) in [5.41, 5.74) is 1.08. The van der Waals surface area contributed by atoms with E-state index in [1.54, 1.807) is 12.1 Å². The van der Waals surface area contributed by atoms with E-state index in [0.717, 1.165) is 16.9 Å². The number of likely N-dealkylation sites (N-methyl/N-ethyl adjacent to an activating group) is 1. The second-order valence-electron chi connectivity index (χ2n) is 5.34. The standard InChI is InChI=1S/C16H17FN2O3S/c1-19(2)8-13(10-3-5-12(17)6-4-10)18-15(20)11-7-14(16(21)22)23-9-11/h3-7,9,13H,8H2,1-2H3,(H,18,20)(H,21,22). The van der Waals surface area contributed by atoms with E-state index in [2.05, 4.69) is 5.32 Å². The topological polar surface area (TPSA) is 69.6 Å². The molecule has 0 aliphatic heterocycles. The minimum Gasteiger partial charge on any atom is -0.477 e. The van der Waals surface area contributed by atoms with Crippen LogP contribution in [-0.4, -0.2) is 42.5 Å². The average Bonchev–Trinajstić information content (AvgIpc) is 2.97. The summed E-state index contributed by atoms with van der Waals surface area (Å²) >= 11 is 1.00. The molecule has 1 aromatic heterocycles. The zero-order chi connectivity index (χ0) is 17.0. The van der Waals surface area contributed by atoms with Crippen LogP contribution in [-0.2, 0) is 0 Å². The van der Waals surface area contributed by atoms with E-state index in [1.807, 2.05) is 19.0 Å². The van der Waals surface area contributed by atoms with Gasteiger partial charge in [0.1, 0.15) is 10.7 Å². The maximum absolute atomic E-state index is 13.1. The van der Waals surface area contributed by atoms with Crippen molar-refractivity contribution in [3.8, 4) is 0 Å². The predicted molar refractivity (Wildman–Crippen MR) is 86.4 cm³/mol. The Kier molecular flexibility index (Phi) is 5.46. The van der Waals surface area contributed by atoms with E-state index in [-0.39, 0.29) is 22.6 Å². The summed E-state index contributed by atoms with van der Waals surface area (Å²) in [7, 11) is 3.74. The lowest BCUT2D eigenvalue weighted by Crippen LogP contribution is -2.35. The van der Waals surface area contributed by atoms with Crippen molar-refractivity contribution in [3.05, 3.63) is 57.5 Å². The minimum atomic E-state index is -1.06. The maximum Gasteiger partial charge on any atom is 0.345 e. The second kappa shape index (κ2) is 7.34. The Morgan fingerprint density at radius 1 is 1.30 bits per heavy atom. The van der Waals surface area contributed by atoms with Crippen molar-refractivity contribution in [1.29, 1.82) is 0 Å². The van der Waals surface area contributed by atoms with Gasteiger partial charge in [-0.05, 0) is 37.9 Å². The molecule has 2 N–H and O–H groups in total. The molecular formula is C16H17FN2O3S. The van der Waals surface area contributed by atoms with Crippen LogP contribution in [0.3, 0.4) is 0 Å². The van der Waals surface area contributed by atoms with Gasteiger partial charge in [0, 0.05) is 11.9 Å². The molecule has 1 heterocycles. The monoisotopic (exact) mass is 336 g/mol. The number of hydrogen-bond acceptors (Lipinski definition) is 4. The number of benzene rings is 1. The van der Waals surface area contributed by atoms with E-state index in [4.69, 9.17) is 5.11 Å². The van der Waals surface area contributed by atoms with Gasteiger partial charge in [-0.15, -0.1) is 11.3 Å². The molecule has 0 bridgehead atoms. The Morgan fingerprint density at radius 2 is 1.96 bits per heavy atom. The first-order valence-corrected chi connectivity index (χ1v) is 7.77. The SMILES string of the molecule is CN(C)CC(NC(=O)c1csc(C(=O)O)c1)c1ccc(F)cc1. The molecule has 0 radical (unpaired) electrons. The molecule has 1 aromatic carbocycles. The van der Waals surface area contributed by atoms with Crippen molar-refractivity contribution in [1.82, 2.24) is 10.2 Å². The van der Waals surface area contributed by atoms with Gasteiger partial charge in [-0.3, -0.25) is 4.79 Å². The van der Waals surface area contributed by atoms with Crippen molar-refractivity contribution in [2.75, 3.05) is 20.6 Å². The van der Waals surface area contributed by atoms with Crippen molar-refractivity contribution in [2.45, 2.75) is 6.04 Å². The second-order valence-corrected chi connectivity index (χ2v) is 6.26. The number of amides is 1. The Balaban J connectivity index is 2.17. The summed E-state index contributed by atoms with van der Waals surface area (Å²) < 4.78 is 13.1. The van der Waals surface area contributed by atoms with E-state index in [1.165, 1.54) is 23.6 Å².